The fourth-order valence-corrected chi connectivity index (χ4v) is 2.13. The van der Waals surface area contributed by atoms with E-state index in [0.717, 1.165) is 17.5 Å². The summed E-state index contributed by atoms with van der Waals surface area (Å²) < 4.78 is 0. The van der Waals surface area contributed by atoms with Gasteiger partial charge in [0.05, 0.1) is 12.5 Å². The van der Waals surface area contributed by atoms with E-state index in [9.17, 15) is 4.79 Å². The smallest absolute Gasteiger partial charge is 0.224 e. The van der Waals surface area contributed by atoms with Gasteiger partial charge in [-0.1, -0.05) is 67.6 Å². The van der Waals surface area contributed by atoms with Crippen LogP contribution in [-0.2, 0) is 11.2 Å². The fourth-order valence-electron chi connectivity index (χ4n) is 2.13. The van der Waals surface area contributed by atoms with Gasteiger partial charge in [-0.25, -0.2) is 0 Å². The van der Waals surface area contributed by atoms with E-state index in [1.54, 1.807) is 0 Å². The second kappa shape index (κ2) is 6.74. The van der Waals surface area contributed by atoms with Crippen LogP contribution < -0.4 is 5.32 Å². The van der Waals surface area contributed by atoms with Gasteiger partial charge in [-0.05, 0) is 17.5 Å². The maximum Gasteiger partial charge on any atom is 0.224 e. The molecule has 0 aliphatic rings. The highest BCUT2D eigenvalue weighted by Crippen LogP contribution is 2.16. The predicted octanol–water partition coefficient (Wildman–Crippen LogP) is 3.74. The highest BCUT2D eigenvalue weighted by Gasteiger charge is 2.12. The van der Waals surface area contributed by atoms with Crippen LogP contribution >= 0.6 is 0 Å². The first-order valence-corrected chi connectivity index (χ1v) is 6.68. The van der Waals surface area contributed by atoms with Crippen LogP contribution in [0.3, 0.4) is 0 Å². The normalized spacial score (nSPS) is 11.8. The lowest BCUT2D eigenvalue weighted by Crippen LogP contribution is -2.29. The number of carbonyl (C=O) groups excluding carboxylic acids is 1. The molecule has 2 rings (SSSR count). The number of rotatable bonds is 5. The van der Waals surface area contributed by atoms with Gasteiger partial charge in [-0.3, -0.25) is 4.79 Å². The Kier molecular flexibility index (Phi) is 4.73. The van der Waals surface area contributed by atoms with Gasteiger partial charge in [0.2, 0.25) is 5.91 Å². The van der Waals surface area contributed by atoms with Crippen molar-refractivity contribution in [2.75, 3.05) is 0 Å². The summed E-state index contributed by atoms with van der Waals surface area (Å²) in [6.07, 6.45) is 1.33. The van der Waals surface area contributed by atoms with Crippen LogP contribution in [0.4, 0.5) is 0 Å². The Labute approximate surface area is 116 Å². The van der Waals surface area contributed by atoms with E-state index in [0.29, 0.717) is 6.42 Å². The lowest BCUT2D eigenvalue weighted by molar-refractivity contribution is -0.121. The van der Waals surface area contributed by atoms with E-state index in [1.165, 1.54) is 0 Å². The van der Waals surface area contributed by atoms with Gasteiger partial charge in [0, 0.05) is 1.43 Å². The second-order valence-electron chi connectivity index (χ2n) is 4.60. The van der Waals surface area contributed by atoms with Crippen molar-refractivity contribution in [3.05, 3.63) is 71.8 Å². The van der Waals surface area contributed by atoms with E-state index < -0.39 is 0 Å². The molecular weight excluding hydrogens is 234 g/mol. The number of benzene rings is 2. The summed E-state index contributed by atoms with van der Waals surface area (Å²) in [5.74, 6) is 0.0712. The molecule has 0 aliphatic heterocycles. The quantitative estimate of drug-likeness (QED) is 0.866. The van der Waals surface area contributed by atoms with Crippen molar-refractivity contribution in [2.24, 2.45) is 0 Å². The van der Waals surface area contributed by atoms with Gasteiger partial charge in [0.15, 0.2) is 0 Å². The highest BCUT2D eigenvalue weighted by molar-refractivity contribution is 5.79. The molecular formula is C17H21NO. The van der Waals surface area contributed by atoms with Crippen LogP contribution in [0.15, 0.2) is 60.7 Å². The summed E-state index contributed by atoms with van der Waals surface area (Å²) in [6, 6.07) is 20.0. The molecule has 2 aromatic rings. The van der Waals surface area contributed by atoms with Crippen LogP contribution in [0.2, 0.25) is 0 Å². The SMILES string of the molecule is CC[C@@H](NC(=O)Cc1ccccc1)c1ccccc1.[HH]. The van der Waals surface area contributed by atoms with Crippen LogP contribution in [0.1, 0.15) is 31.9 Å². The molecule has 1 N–H and O–H groups in total. The summed E-state index contributed by atoms with van der Waals surface area (Å²) in [4.78, 5) is 12.0. The first-order valence-electron chi connectivity index (χ1n) is 6.68. The molecule has 0 saturated heterocycles. The molecule has 0 spiro atoms. The van der Waals surface area contributed by atoms with Crippen molar-refractivity contribution in [3.63, 3.8) is 0 Å². The van der Waals surface area contributed by atoms with Gasteiger partial charge in [-0.2, -0.15) is 0 Å². The van der Waals surface area contributed by atoms with Crippen molar-refractivity contribution in [1.29, 1.82) is 0 Å². The van der Waals surface area contributed by atoms with Gasteiger partial charge >= 0.3 is 0 Å². The van der Waals surface area contributed by atoms with Crippen LogP contribution in [0, 0.1) is 0 Å². The molecule has 19 heavy (non-hydrogen) atoms. The number of hydrogen-bond donors (Lipinski definition) is 1. The Hall–Kier alpha value is -2.09. The molecule has 0 aromatic heterocycles. The number of amides is 1. The number of carbonyl (C=O) groups is 1. The zero-order chi connectivity index (χ0) is 13.5. The highest BCUT2D eigenvalue weighted by atomic mass is 16.1. The van der Waals surface area contributed by atoms with Gasteiger partial charge in [-0.15, -0.1) is 0 Å². The topological polar surface area (TPSA) is 29.1 Å². The molecule has 1 atom stereocenters. The Morgan fingerprint density at radius 1 is 1.05 bits per heavy atom. The van der Waals surface area contributed by atoms with E-state index in [2.05, 4.69) is 24.4 Å². The minimum absolute atomic E-state index is 0. The summed E-state index contributed by atoms with van der Waals surface area (Å²) >= 11 is 0. The minimum atomic E-state index is 0. The van der Waals surface area contributed by atoms with Gasteiger partial charge < -0.3 is 5.32 Å². The molecule has 0 heterocycles. The van der Waals surface area contributed by atoms with Crippen molar-refractivity contribution < 1.29 is 6.22 Å². The summed E-state index contributed by atoms with van der Waals surface area (Å²) in [5.41, 5.74) is 2.20. The lowest BCUT2D eigenvalue weighted by atomic mass is 10.0. The monoisotopic (exact) mass is 255 g/mol. The third kappa shape index (κ3) is 3.95. The molecule has 0 unspecified atom stereocenters. The summed E-state index contributed by atoms with van der Waals surface area (Å²) in [5, 5.41) is 3.09. The molecule has 2 heteroatoms. The predicted molar refractivity (Wildman–Crippen MR) is 79.9 cm³/mol. The third-order valence-electron chi connectivity index (χ3n) is 3.15. The Morgan fingerprint density at radius 3 is 2.21 bits per heavy atom. The zero-order valence-corrected chi connectivity index (χ0v) is 11.2. The largest absolute Gasteiger partial charge is 0.349 e. The molecule has 1 amide bonds. The second-order valence-corrected chi connectivity index (χ2v) is 4.60. The maximum atomic E-state index is 12.0. The number of hydrogen-bond acceptors (Lipinski definition) is 1. The van der Waals surface area contributed by atoms with Crippen molar-refractivity contribution in [1.82, 2.24) is 5.32 Å². The van der Waals surface area contributed by atoms with Crippen molar-refractivity contribution >= 4 is 5.91 Å². The van der Waals surface area contributed by atoms with Gasteiger partial charge in [0.25, 0.3) is 0 Å². The summed E-state index contributed by atoms with van der Waals surface area (Å²) in [7, 11) is 0. The first-order chi connectivity index (χ1) is 9.29. The molecule has 2 aromatic carbocycles. The molecule has 0 aliphatic carbocycles. The summed E-state index contributed by atoms with van der Waals surface area (Å²) in [6.45, 7) is 2.08. The van der Waals surface area contributed by atoms with E-state index >= 15 is 0 Å². The van der Waals surface area contributed by atoms with Gasteiger partial charge in [0.1, 0.15) is 0 Å². The molecule has 100 valence electrons. The molecule has 2 nitrogen and oxygen atoms in total. The average Bonchev–Trinajstić information content (AvgIpc) is 2.47. The Bertz CT molecular complexity index is 513. The van der Waals surface area contributed by atoms with Crippen LogP contribution in [0.25, 0.3) is 0 Å². The zero-order valence-electron chi connectivity index (χ0n) is 11.2. The van der Waals surface area contributed by atoms with Crippen LogP contribution in [0.5, 0.6) is 0 Å². The maximum absolute atomic E-state index is 12.0. The molecule has 0 radical (unpaired) electrons. The van der Waals surface area contributed by atoms with Crippen molar-refractivity contribution in [3.8, 4) is 0 Å². The van der Waals surface area contributed by atoms with E-state index in [-0.39, 0.29) is 13.4 Å². The molecule has 0 saturated carbocycles. The number of nitrogens with one attached hydrogen (secondary N) is 1. The lowest BCUT2D eigenvalue weighted by Gasteiger charge is -2.17. The van der Waals surface area contributed by atoms with Crippen molar-refractivity contribution in [2.45, 2.75) is 25.8 Å². The first kappa shape index (κ1) is 13.3. The van der Waals surface area contributed by atoms with E-state index in [1.807, 2.05) is 48.5 Å². The van der Waals surface area contributed by atoms with Crippen LogP contribution in [-0.4, -0.2) is 5.91 Å². The average molecular weight is 255 g/mol. The minimum Gasteiger partial charge on any atom is -0.349 e. The molecule has 0 bridgehead atoms. The fraction of sp³-hybridized carbons (Fsp3) is 0.235. The Balaban J connectivity index is 0.00000200. The standard InChI is InChI=1S/C17H19NO.H2/c1-2-16(15-11-7-4-8-12-15)18-17(19)13-14-9-5-3-6-10-14;/h3-12,16H,2,13H2,1H3,(H,18,19);1H/t16-;/m1./s1. The Morgan fingerprint density at radius 2 is 1.63 bits per heavy atom. The van der Waals surface area contributed by atoms with E-state index in [4.69, 9.17) is 0 Å². The third-order valence-corrected chi connectivity index (χ3v) is 3.15. The molecule has 0 fully saturated rings.